The van der Waals surface area contributed by atoms with Gasteiger partial charge in [0.05, 0.1) is 18.8 Å². The molecule has 20 heavy (non-hydrogen) atoms. The van der Waals surface area contributed by atoms with E-state index in [9.17, 15) is 18.0 Å². The van der Waals surface area contributed by atoms with Gasteiger partial charge in [-0.2, -0.15) is 13.2 Å². The number of carbonyl (C=O) groups excluding carboxylic acids is 1. The Morgan fingerprint density at radius 3 is 2.55 bits per heavy atom. The largest absolute Gasteiger partial charge is 0.433 e. The summed E-state index contributed by atoms with van der Waals surface area (Å²) in [4.78, 5) is 14.7. The molecule has 1 aliphatic rings. The Hall–Kier alpha value is -1.87. The molecule has 1 aromatic rings. The molecule has 1 fully saturated rings. The Morgan fingerprint density at radius 1 is 1.35 bits per heavy atom. The molecule has 9 heteroatoms. The van der Waals surface area contributed by atoms with Gasteiger partial charge in [-0.3, -0.25) is 4.79 Å². The molecule has 0 spiro atoms. The van der Waals surface area contributed by atoms with Crippen molar-refractivity contribution in [2.75, 3.05) is 31.7 Å². The fraction of sp³-hybridized carbons (Fsp3) is 0.455. The molecule has 1 amide bonds. The maximum absolute atomic E-state index is 12.6. The van der Waals surface area contributed by atoms with Gasteiger partial charge in [0.15, 0.2) is 5.82 Å². The van der Waals surface area contributed by atoms with Gasteiger partial charge in [0, 0.05) is 13.1 Å². The summed E-state index contributed by atoms with van der Waals surface area (Å²) in [6.45, 7) is 1.82. The Labute approximate surface area is 112 Å². The number of anilines is 1. The number of nitrogens with two attached hydrogens (primary N) is 1. The Bertz CT molecular complexity index is 501. The van der Waals surface area contributed by atoms with Gasteiger partial charge in [0.1, 0.15) is 5.69 Å². The molecule has 1 aliphatic heterocycles. The third-order valence-electron chi connectivity index (χ3n) is 2.73. The first kappa shape index (κ1) is 14.5. The molecule has 2 heterocycles. The molecule has 6 nitrogen and oxygen atoms in total. The fourth-order valence-electron chi connectivity index (χ4n) is 1.73. The second-order valence-corrected chi connectivity index (χ2v) is 4.17. The Kier molecular flexibility index (Phi) is 4.09. The van der Waals surface area contributed by atoms with Gasteiger partial charge in [-0.25, -0.2) is 9.99 Å². The maximum atomic E-state index is 12.6. The summed E-state index contributed by atoms with van der Waals surface area (Å²) in [6, 6.07) is 1.74. The third-order valence-corrected chi connectivity index (χ3v) is 2.73. The number of hydrogen-bond donors (Lipinski definition) is 2. The average molecular weight is 290 g/mol. The lowest BCUT2D eigenvalue weighted by Crippen LogP contribution is -2.41. The smallest absolute Gasteiger partial charge is 0.379 e. The van der Waals surface area contributed by atoms with Crippen molar-refractivity contribution in [2.24, 2.45) is 5.73 Å². The molecule has 0 aliphatic carbocycles. The van der Waals surface area contributed by atoms with Crippen molar-refractivity contribution in [2.45, 2.75) is 6.18 Å². The van der Waals surface area contributed by atoms with E-state index in [2.05, 4.69) is 10.4 Å². The van der Waals surface area contributed by atoms with Crippen LogP contribution in [0.5, 0.6) is 0 Å². The molecule has 1 aromatic heterocycles. The lowest BCUT2D eigenvalue weighted by atomic mass is 10.2. The van der Waals surface area contributed by atoms with Gasteiger partial charge in [0.25, 0.3) is 5.91 Å². The van der Waals surface area contributed by atoms with Crippen LogP contribution in [-0.4, -0.2) is 42.2 Å². The van der Waals surface area contributed by atoms with Crippen molar-refractivity contribution in [3.63, 3.8) is 0 Å². The van der Waals surface area contributed by atoms with Crippen LogP contribution in [0, 0.1) is 0 Å². The normalized spacial score (nSPS) is 16.9. The first-order valence-corrected chi connectivity index (χ1v) is 5.85. The highest BCUT2D eigenvalue weighted by Crippen LogP contribution is 2.29. The zero-order valence-corrected chi connectivity index (χ0v) is 10.4. The van der Waals surface area contributed by atoms with Crippen molar-refractivity contribution in [3.8, 4) is 0 Å². The minimum absolute atomic E-state index is 0.0931. The number of primary amides is 1. The predicted octanol–water partition coefficient (Wildman–Crippen LogP) is 0.858. The number of ether oxygens (including phenoxy) is 1. The zero-order valence-electron chi connectivity index (χ0n) is 10.4. The van der Waals surface area contributed by atoms with E-state index in [0.29, 0.717) is 26.3 Å². The van der Waals surface area contributed by atoms with Crippen LogP contribution < -0.4 is 11.2 Å². The highest BCUT2D eigenvalue weighted by molar-refractivity contribution is 5.97. The molecular formula is C11H13F3N4O2. The number of halogens is 3. The molecule has 1 saturated heterocycles. The molecule has 0 bridgehead atoms. The quantitative estimate of drug-likeness (QED) is 0.863. The van der Waals surface area contributed by atoms with E-state index in [1.54, 1.807) is 5.01 Å². The highest BCUT2D eigenvalue weighted by atomic mass is 19.4. The minimum atomic E-state index is -4.59. The average Bonchev–Trinajstić information content (AvgIpc) is 2.38. The monoisotopic (exact) mass is 290 g/mol. The van der Waals surface area contributed by atoms with Crippen LogP contribution in [0.3, 0.4) is 0 Å². The van der Waals surface area contributed by atoms with E-state index in [4.69, 9.17) is 10.5 Å². The van der Waals surface area contributed by atoms with Gasteiger partial charge >= 0.3 is 6.18 Å². The van der Waals surface area contributed by atoms with E-state index in [1.165, 1.54) is 0 Å². The number of aromatic nitrogens is 1. The molecule has 0 saturated carbocycles. The lowest BCUT2D eigenvalue weighted by molar-refractivity contribution is -0.141. The first-order valence-electron chi connectivity index (χ1n) is 5.85. The van der Waals surface area contributed by atoms with Crippen LogP contribution in [0.1, 0.15) is 16.1 Å². The number of alkyl halides is 3. The SMILES string of the molecule is NC(=O)c1ccc(C(F)(F)F)nc1NN1CCOCC1. The molecule has 110 valence electrons. The second kappa shape index (κ2) is 5.63. The highest BCUT2D eigenvalue weighted by Gasteiger charge is 2.33. The minimum Gasteiger partial charge on any atom is -0.379 e. The van der Waals surface area contributed by atoms with Crippen molar-refractivity contribution in [1.82, 2.24) is 9.99 Å². The van der Waals surface area contributed by atoms with Crippen LogP contribution in [0.25, 0.3) is 0 Å². The Morgan fingerprint density at radius 2 is 2.00 bits per heavy atom. The summed E-state index contributed by atoms with van der Waals surface area (Å²) in [6.07, 6.45) is -4.59. The number of rotatable bonds is 3. The number of pyridine rings is 1. The number of amides is 1. The van der Waals surface area contributed by atoms with Gasteiger partial charge in [-0.15, -0.1) is 0 Å². The summed E-state index contributed by atoms with van der Waals surface area (Å²) >= 11 is 0. The summed E-state index contributed by atoms with van der Waals surface area (Å²) < 4.78 is 43.0. The number of nitrogens with one attached hydrogen (secondary N) is 1. The first-order chi connectivity index (χ1) is 9.38. The van der Waals surface area contributed by atoms with Gasteiger partial charge in [-0.05, 0) is 12.1 Å². The Balaban J connectivity index is 2.29. The molecule has 0 unspecified atom stereocenters. The van der Waals surface area contributed by atoms with Gasteiger partial charge in [-0.1, -0.05) is 0 Å². The second-order valence-electron chi connectivity index (χ2n) is 4.17. The number of morpholine rings is 1. The van der Waals surface area contributed by atoms with Crippen LogP contribution in [0.15, 0.2) is 12.1 Å². The van der Waals surface area contributed by atoms with E-state index < -0.39 is 17.8 Å². The van der Waals surface area contributed by atoms with Crippen molar-refractivity contribution >= 4 is 11.7 Å². The zero-order chi connectivity index (χ0) is 14.8. The van der Waals surface area contributed by atoms with Gasteiger partial charge < -0.3 is 15.9 Å². The van der Waals surface area contributed by atoms with Gasteiger partial charge in [0.2, 0.25) is 0 Å². The van der Waals surface area contributed by atoms with Crippen LogP contribution in [-0.2, 0) is 10.9 Å². The van der Waals surface area contributed by atoms with Crippen LogP contribution >= 0.6 is 0 Å². The molecule has 0 atom stereocenters. The van der Waals surface area contributed by atoms with Crippen molar-refractivity contribution in [1.29, 1.82) is 0 Å². The van der Waals surface area contributed by atoms with Crippen molar-refractivity contribution in [3.05, 3.63) is 23.4 Å². The third kappa shape index (κ3) is 3.36. The van der Waals surface area contributed by atoms with E-state index in [0.717, 1.165) is 12.1 Å². The molecule has 0 aromatic carbocycles. The summed E-state index contributed by atoms with van der Waals surface area (Å²) in [7, 11) is 0. The van der Waals surface area contributed by atoms with Crippen LogP contribution in [0.4, 0.5) is 19.0 Å². The van der Waals surface area contributed by atoms with Crippen molar-refractivity contribution < 1.29 is 22.7 Å². The fourth-order valence-corrected chi connectivity index (χ4v) is 1.73. The molecular weight excluding hydrogens is 277 g/mol. The molecule has 2 rings (SSSR count). The number of hydrogen-bond acceptors (Lipinski definition) is 5. The topological polar surface area (TPSA) is 80.5 Å². The van der Waals surface area contributed by atoms with E-state index in [1.807, 2.05) is 0 Å². The number of nitrogens with zero attached hydrogens (tertiary/aromatic N) is 2. The van der Waals surface area contributed by atoms with E-state index >= 15 is 0 Å². The maximum Gasteiger partial charge on any atom is 0.433 e. The summed E-state index contributed by atoms with van der Waals surface area (Å²) in [5, 5.41) is 1.62. The summed E-state index contributed by atoms with van der Waals surface area (Å²) in [5.41, 5.74) is 6.64. The lowest BCUT2D eigenvalue weighted by Gasteiger charge is -2.28. The van der Waals surface area contributed by atoms with E-state index in [-0.39, 0.29) is 11.4 Å². The summed E-state index contributed by atoms with van der Waals surface area (Å²) in [5.74, 6) is -1.05. The molecule has 3 N–H and O–H groups in total. The number of carbonyl (C=O) groups is 1. The van der Waals surface area contributed by atoms with Crippen LogP contribution in [0.2, 0.25) is 0 Å². The standard InChI is InChI=1S/C11H13F3N4O2/c12-11(13,14)8-2-1-7(9(15)19)10(16-8)17-18-3-5-20-6-4-18/h1-2H,3-6H2,(H2,15,19)(H,16,17). The predicted molar refractivity (Wildman–Crippen MR) is 63.8 cm³/mol. The number of hydrazine groups is 1. The molecule has 0 radical (unpaired) electrons.